The maximum atomic E-state index is 12.0. The van der Waals surface area contributed by atoms with Crippen LogP contribution in [0.4, 0.5) is 0 Å². The van der Waals surface area contributed by atoms with E-state index in [2.05, 4.69) is 27.7 Å². The zero-order valence-electron chi connectivity index (χ0n) is 12.3. The zero-order valence-corrected chi connectivity index (χ0v) is 12.3. The van der Waals surface area contributed by atoms with E-state index in [1.165, 1.54) is 18.4 Å². The number of hydrogen-bond donors (Lipinski definition) is 2. The summed E-state index contributed by atoms with van der Waals surface area (Å²) in [5, 5.41) is 6.22. The Kier molecular flexibility index (Phi) is 6.02. The molecule has 1 aromatic rings. The van der Waals surface area contributed by atoms with Crippen LogP contribution >= 0.6 is 0 Å². The van der Waals surface area contributed by atoms with Crippen LogP contribution in [0.15, 0.2) is 30.3 Å². The van der Waals surface area contributed by atoms with Gasteiger partial charge in [0, 0.05) is 19.1 Å². The summed E-state index contributed by atoms with van der Waals surface area (Å²) in [6, 6.07) is 10.8. The number of amides is 1. The van der Waals surface area contributed by atoms with E-state index in [9.17, 15) is 4.79 Å². The lowest BCUT2D eigenvalue weighted by Crippen LogP contribution is -2.43. The van der Waals surface area contributed by atoms with Crippen molar-refractivity contribution >= 4 is 5.91 Å². The Morgan fingerprint density at radius 3 is 2.90 bits per heavy atom. The minimum absolute atomic E-state index is 0.143. The van der Waals surface area contributed by atoms with Crippen LogP contribution in [0.1, 0.15) is 18.4 Å². The lowest BCUT2D eigenvalue weighted by atomic mass is 10.1. The van der Waals surface area contributed by atoms with Gasteiger partial charge in [-0.2, -0.15) is 0 Å². The Morgan fingerprint density at radius 2 is 2.15 bits per heavy atom. The van der Waals surface area contributed by atoms with E-state index in [4.69, 9.17) is 0 Å². The molecule has 1 saturated heterocycles. The first-order valence-electron chi connectivity index (χ1n) is 7.49. The molecule has 1 heterocycles. The number of nitrogens with zero attached hydrogens (tertiary/aromatic N) is 1. The molecule has 2 rings (SSSR count). The summed E-state index contributed by atoms with van der Waals surface area (Å²) in [5.41, 5.74) is 1.27. The van der Waals surface area contributed by atoms with Gasteiger partial charge in [0.05, 0.1) is 6.54 Å². The maximum absolute atomic E-state index is 12.0. The van der Waals surface area contributed by atoms with Crippen LogP contribution < -0.4 is 10.6 Å². The Labute approximate surface area is 121 Å². The van der Waals surface area contributed by atoms with Gasteiger partial charge < -0.3 is 10.6 Å². The normalized spacial score (nSPS) is 19.1. The van der Waals surface area contributed by atoms with Crippen molar-refractivity contribution < 1.29 is 4.79 Å². The molecule has 0 radical (unpaired) electrons. The fraction of sp³-hybridized carbons (Fsp3) is 0.562. The molecule has 1 aromatic carbocycles. The summed E-state index contributed by atoms with van der Waals surface area (Å²) in [6.45, 7) is 3.25. The second kappa shape index (κ2) is 8.02. The number of hydrogen-bond acceptors (Lipinski definition) is 3. The van der Waals surface area contributed by atoms with Gasteiger partial charge in [0.2, 0.25) is 5.91 Å². The van der Waals surface area contributed by atoms with Gasteiger partial charge in [0.1, 0.15) is 0 Å². The Bertz CT molecular complexity index is 407. The van der Waals surface area contributed by atoms with Crippen LogP contribution in [0.25, 0.3) is 0 Å². The van der Waals surface area contributed by atoms with Gasteiger partial charge >= 0.3 is 0 Å². The fourth-order valence-corrected chi connectivity index (χ4v) is 2.80. The molecule has 110 valence electrons. The Hall–Kier alpha value is -1.39. The van der Waals surface area contributed by atoms with E-state index < -0.39 is 0 Å². The molecule has 1 atom stereocenters. The molecule has 0 spiro atoms. The van der Waals surface area contributed by atoms with Crippen molar-refractivity contribution in [2.75, 3.05) is 33.2 Å². The van der Waals surface area contributed by atoms with Gasteiger partial charge in [0.25, 0.3) is 0 Å². The van der Waals surface area contributed by atoms with Gasteiger partial charge in [-0.3, -0.25) is 9.69 Å². The average Bonchev–Trinajstić information content (AvgIpc) is 2.88. The summed E-state index contributed by atoms with van der Waals surface area (Å²) in [7, 11) is 1.97. The van der Waals surface area contributed by atoms with Crippen molar-refractivity contribution in [3.05, 3.63) is 35.9 Å². The van der Waals surface area contributed by atoms with Gasteiger partial charge in [-0.25, -0.2) is 0 Å². The highest BCUT2D eigenvalue weighted by atomic mass is 16.2. The number of nitrogens with one attached hydrogen (secondary N) is 2. The lowest BCUT2D eigenvalue weighted by Gasteiger charge is -2.23. The number of carbonyl (C=O) groups is 1. The van der Waals surface area contributed by atoms with E-state index >= 15 is 0 Å². The van der Waals surface area contributed by atoms with Crippen LogP contribution in [0.2, 0.25) is 0 Å². The quantitative estimate of drug-likeness (QED) is 0.781. The number of benzene rings is 1. The summed E-state index contributed by atoms with van der Waals surface area (Å²) in [5.74, 6) is 0.143. The standard InChI is InChI=1S/C16H25N3O/c1-17-12-15-8-5-11-19(15)13-16(20)18-10-9-14-6-3-2-4-7-14/h2-4,6-7,15,17H,5,8-13H2,1H3,(H,18,20). The van der Waals surface area contributed by atoms with Crippen molar-refractivity contribution in [2.45, 2.75) is 25.3 Å². The van der Waals surface area contributed by atoms with E-state index in [1.54, 1.807) is 0 Å². The molecule has 1 aliphatic rings. The van der Waals surface area contributed by atoms with Gasteiger partial charge in [-0.05, 0) is 38.4 Å². The lowest BCUT2D eigenvalue weighted by molar-refractivity contribution is -0.122. The molecule has 4 heteroatoms. The van der Waals surface area contributed by atoms with Crippen molar-refractivity contribution in [1.29, 1.82) is 0 Å². The van der Waals surface area contributed by atoms with Crippen LogP contribution in [-0.4, -0.2) is 50.1 Å². The topological polar surface area (TPSA) is 44.4 Å². The predicted molar refractivity (Wildman–Crippen MR) is 81.7 cm³/mol. The minimum Gasteiger partial charge on any atom is -0.355 e. The van der Waals surface area contributed by atoms with E-state index in [0.29, 0.717) is 19.1 Å². The summed E-state index contributed by atoms with van der Waals surface area (Å²) in [4.78, 5) is 14.3. The molecule has 2 N–H and O–H groups in total. The molecule has 4 nitrogen and oxygen atoms in total. The zero-order chi connectivity index (χ0) is 14.2. The highest BCUT2D eigenvalue weighted by Gasteiger charge is 2.25. The van der Waals surface area contributed by atoms with Crippen molar-refractivity contribution in [3.8, 4) is 0 Å². The van der Waals surface area contributed by atoms with Crippen LogP contribution in [0, 0.1) is 0 Å². The van der Waals surface area contributed by atoms with Crippen LogP contribution in [0.5, 0.6) is 0 Å². The number of carbonyl (C=O) groups excluding carboxylic acids is 1. The highest BCUT2D eigenvalue weighted by Crippen LogP contribution is 2.15. The smallest absolute Gasteiger partial charge is 0.234 e. The monoisotopic (exact) mass is 275 g/mol. The van der Waals surface area contributed by atoms with Crippen LogP contribution in [0.3, 0.4) is 0 Å². The molecule has 0 aliphatic carbocycles. The second-order valence-electron chi connectivity index (χ2n) is 5.41. The second-order valence-corrected chi connectivity index (χ2v) is 5.41. The molecule has 1 fully saturated rings. The molecule has 20 heavy (non-hydrogen) atoms. The summed E-state index contributed by atoms with van der Waals surface area (Å²) in [6.07, 6.45) is 3.29. The van der Waals surface area contributed by atoms with Crippen molar-refractivity contribution in [1.82, 2.24) is 15.5 Å². The molecule has 1 aliphatic heterocycles. The van der Waals surface area contributed by atoms with Crippen LogP contribution in [-0.2, 0) is 11.2 Å². The number of likely N-dealkylation sites (N-methyl/N-ethyl adjacent to an activating group) is 1. The van der Waals surface area contributed by atoms with Gasteiger partial charge in [-0.15, -0.1) is 0 Å². The average molecular weight is 275 g/mol. The van der Waals surface area contributed by atoms with Crippen molar-refractivity contribution in [2.24, 2.45) is 0 Å². The largest absolute Gasteiger partial charge is 0.355 e. The predicted octanol–water partition coefficient (Wildman–Crippen LogP) is 1.03. The molecule has 1 unspecified atom stereocenters. The Balaban J connectivity index is 1.67. The number of rotatable bonds is 7. The molecule has 0 saturated carbocycles. The molecular formula is C16H25N3O. The van der Waals surface area contributed by atoms with Gasteiger partial charge in [-0.1, -0.05) is 30.3 Å². The van der Waals surface area contributed by atoms with Crippen molar-refractivity contribution in [3.63, 3.8) is 0 Å². The molecule has 0 bridgehead atoms. The summed E-state index contributed by atoms with van der Waals surface area (Å²) < 4.78 is 0. The third kappa shape index (κ3) is 4.62. The first-order chi connectivity index (χ1) is 9.79. The van der Waals surface area contributed by atoms with E-state index in [1.807, 2.05) is 25.2 Å². The summed E-state index contributed by atoms with van der Waals surface area (Å²) >= 11 is 0. The van der Waals surface area contributed by atoms with E-state index in [0.717, 1.165) is 19.5 Å². The maximum Gasteiger partial charge on any atom is 0.234 e. The first kappa shape index (κ1) is 15.0. The molecule has 0 aromatic heterocycles. The third-order valence-electron chi connectivity index (χ3n) is 3.86. The van der Waals surface area contributed by atoms with E-state index in [-0.39, 0.29) is 5.91 Å². The highest BCUT2D eigenvalue weighted by molar-refractivity contribution is 5.78. The van der Waals surface area contributed by atoms with Gasteiger partial charge in [0.15, 0.2) is 0 Å². The fourth-order valence-electron chi connectivity index (χ4n) is 2.80. The molecular weight excluding hydrogens is 250 g/mol. The minimum atomic E-state index is 0.143. The third-order valence-corrected chi connectivity index (χ3v) is 3.86. The SMILES string of the molecule is CNCC1CCCN1CC(=O)NCCc1ccccc1. The Morgan fingerprint density at radius 1 is 1.35 bits per heavy atom. The number of likely N-dealkylation sites (tertiary alicyclic amines) is 1. The first-order valence-corrected chi connectivity index (χ1v) is 7.49. The molecule has 1 amide bonds.